The number of pyridine rings is 1. The first-order valence-electron chi connectivity index (χ1n) is 7.04. The molecule has 0 N–H and O–H groups in total. The van der Waals surface area contributed by atoms with E-state index in [0.29, 0.717) is 24.3 Å². The van der Waals surface area contributed by atoms with E-state index in [4.69, 9.17) is 0 Å². The van der Waals surface area contributed by atoms with Crippen LogP contribution in [0.1, 0.15) is 49.8 Å². The molecular weight excluding hydrogens is 224 g/mol. The van der Waals surface area contributed by atoms with Crippen LogP contribution in [0, 0.1) is 0 Å². The number of fused-ring (bicyclic) bond motifs is 3. The topological polar surface area (TPSA) is 33.2 Å². The Labute approximate surface area is 108 Å². The van der Waals surface area contributed by atoms with Gasteiger partial charge < -0.3 is 4.90 Å². The van der Waals surface area contributed by atoms with Crippen LogP contribution < -0.4 is 0 Å². The summed E-state index contributed by atoms with van der Waals surface area (Å²) in [5, 5.41) is 0. The molecule has 1 aromatic rings. The number of aromatic nitrogens is 1. The fourth-order valence-electron chi connectivity index (χ4n) is 3.57. The minimum absolute atomic E-state index is 0.317. The van der Waals surface area contributed by atoms with Crippen molar-refractivity contribution < 1.29 is 4.79 Å². The van der Waals surface area contributed by atoms with Crippen molar-refractivity contribution in [1.29, 1.82) is 0 Å². The Hall–Kier alpha value is -1.38. The summed E-state index contributed by atoms with van der Waals surface area (Å²) in [4.78, 5) is 18.7. The molecule has 1 aliphatic carbocycles. The molecule has 3 nitrogen and oxygen atoms in total. The minimum atomic E-state index is 0.317. The molecule has 0 radical (unpaired) electrons. The van der Waals surface area contributed by atoms with E-state index in [1.54, 1.807) is 0 Å². The van der Waals surface area contributed by atoms with Crippen molar-refractivity contribution in [2.45, 2.75) is 51.0 Å². The molecule has 1 saturated heterocycles. The number of piperidine rings is 1. The minimum Gasteiger partial charge on any atom is -0.339 e. The zero-order valence-electron chi connectivity index (χ0n) is 10.9. The van der Waals surface area contributed by atoms with Gasteiger partial charge in [0.05, 0.1) is 0 Å². The molecule has 1 fully saturated rings. The Morgan fingerprint density at radius 2 is 2.39 bits per heavy atom. The van der Waals surface area contributed by atoms with Gasteiger partial charge in [-0.05, 0) is 37.3 Å². The zero-order chi connectivity index (χ0) is 12.5. The Bertz CT molecular complexity index is 458. The number of carbonyl (C=O) groups is 1. The standard InChI is InChI=1S/C15H20N2O/c1-2-15(18)17-10-4-6-12-11-5-3-9-16-13(11)7-8-14(12)17/h3,5,9,12,14H,2,4,6-8,10H2,1H3/t12-,14-/m0/s1. The van der Waals surface area contributed by atoms with E-state index in [2.05, 4.69) is 16.0 Å². The van der Waals surface area contributed by atoms with Crippen molar-refractivity contribution in [3.63, 3.8) is 0 Å². The molecule has 0 aromatic carbocycles. The quantitative estimate of drug-likeness (QED) is 0.760. The van der Waals surface area contributed by atoms with Gasteiger partial charge in [0, 0.05) is 36.8 Å². The Morgan fingerprint density at radius 1 is 1.50 bits per heavy atom. The number of amides is 1. The number of carbonyl (C=O) groups excluding carboxylic acids is 1. The monoisotopic (exact) mass is 244 g/mol. The van der Waals surface area contributed by atoms with Gasteiger partial charge in [-0.2, -0.15) is 0 Å². The van der Waals surface area contributed by atoms with Gasteiger partial charge in [0.2, 0.25) is 5.91 Å². The first-order chi connectivity index (χ1) is 8.81. The van der Waals surface area contributed by atoms with Gasteiger partial charge in [-0.3, -0.25) is 9.78 Å². The van der Waals surface area contributed by atoms with Gasteiger partial charge in [-0.15, -0.1) is 0 Å². The van der Waals surface area contributed by atoms with E-state index in [1.807, 2.05) is 19.2 Å². The predicted octanol–water partition coefficient (Wildman–Crippen LogP) is 2.51. The maximum Gasteiger partial charge on any atom is 0.222 e. The van der Waals surface area contributed by atoms with Crippen LogP contribution in [-0.2, 0) is 11.2 Å². The molecule has 0 saturated carbocycles. The van der Waals surface area contributed by atoms with Gasteiger partial charge in [-0.1, -0.05) is 13.0 Å². The van der Waals surface area contributed by atoms with Crippen LogP contribution >= 0.6 is 0 Å². The average molecular weight is 244 g/mol. The molecule has 96 valence electrons. The SMILES string of the molecule is CCC(=O)N1CCC[C@H]2c3cccnc3CC[C@@H]21. The second kappa shape index (κ2) is 4.71. The lowest BCUT2D eigenvalue weighted by Crippen LogP contribution is -2.49. The molecular formula is C15H20N2O. The van der Waals surface area contributed by atoms with Gasteiger partial charge >= 0.3 is 0 Å². The molecule has 0 bridgehead atoms. The van der Waals surface area contributed by atoms with E-state index >= 15 is 0 Å². The van der Waals surface area contributed by atoms with Crippen molar-refractivity contribution in [3.8, 4) is 0 Å². The second-order valence-electron chi connectivity index (χ2n) is 5.33. The van der Waals surface area contributed by atoms with Gasteiger partial charge in [0.1, 0.15) is 0 Å². The normalized spacial score (nSPS) is 26.4. The number of rotatable bonds is 1. The summed E-state index contributed by atoms with van der Waals surface area (Å²) in [6, 6.07) is 4.66. The van der Waals surface area contributed by atoms with E-state index < -0.39 is 0 Å². The summed E-state index contributed by atoms with van der Waals surface area (Å²) in [6.45, 7) is 2.91. The van der Waals surface area contributed by atoms with Crippen molar-refractivity contribution in [2.24, 2.45) is 0 Å². The molecule has 18 heavy (non-hydrogen) atoms. The predicted molar refractivity (Wildman–Crippen MR) is 70.3 cm³/mol. The van der Waals surface area contributed by atoms with Crippen molar-refractivity contribution in [1.82, 2.24) is 9.88 Å². The van der Waals surface area contributed by atoms with Crippen LogP contribution in [0.2, 0.25) is 0 Å². The molecule has 3 heteroatoms. The van der Waals surface area contributed by atoms with Crippen LogP contribution in [0.3, 0.4) is 0 Å². The maximum atomic E-state index is 12.0. The van der Waals surface area contributed by atoms with E-state index in [1.165, 1.54) is 17.7 Å². The number of aryl methyl sites for hydroxylation is 1. The zero-order valence-corrected chi connectivity index (χ0v) is 10.9. The maximum absolute atomic E-state index is 12.0. The smallest absolute Gasteiger partial charge is 0.222 e. The van der Waals surface area contributed by atoms with E-state index in [9.17, 15) is 4.79 Å². The highest BCUT2D eigenvalue weighted by Gasteiger charge is 2.38. The molecule has 0 spiro atoms. The highest BCUT2D eigenvalue weighted by Crippen LogP contribution is 2.39. The molecule has 1 amide bonds. The lowest BCUT2D eigenvalue weighted by molar-refractivity contribution is -0.135. The van der Waals surface area contributed by atoms with Crippen molar-refractivity contribution in [3.05, 3.63) is 29.6 Å². The fourth-order valence-corrected chi connectivity index (χ4v) is 3.57. The Morgan fingerprint density at radius 3 is 3.22 bits per heavy atom. The third-order valence-corrected chi connectivity index (χ3v) is 4.40. The number of hydrogen-bond donors (Lipinski definition) is 0. The summed E-state index contributed by atoms with van der Waals surface area (Å²) >= 11 is 0. The van der Waals surface area contributed by atoms with Crippen LogP contribution in [0.5, 0.6) is 0 Å². The summed E-state index contributed by atoms with van der Waals surface area (Å²) in [5.41, 5.74) is 2.65. The van der Waals surface area contributed by atoms with Crippen LogP contribution in [0.15, 0.2) is 18.3 Å². The third kappa shape index (κ3) is 1.82. The highest BCUT2D eigenvalue weighted by molar-refractivity contribution is 5.76. The highest BCUT2D eigenvalue weighted by atomic mass is 16.2. The van der Waals surface area contributed by atoms with Gasteiger partial charge in [-0.25, -0.2) is 0 Å². The van der Waals surface area contributed by atoms with Gasteiger partial charge in [0.25, 0.3) is 0 Å². The van der Waals surface area contributed by atoms with Crippen LogP contribution in [-0.4, -0.2) is 28.4 Å². The number of nitrogens with zero attached hydrogens (tertiary/aromatic N) is 2. The molecule has 1 aromatic heterocycles. The first-order valence-corrected chi connectivity index (χ1v) is 7.04. The summed E-state index contributed by atoms with van der Waals surface area (Å²) in [5.74, 6) is 0.837. The lowest BCUT2D eigenvalue weighted by atomic mass is 9.76. The number of likely N-dealkylation sites (tertiary alicyclic amines) is 1. The average Bonchev–Trinajstić information content (AvgIpc) is 2.45. The molecule has 3 rings (SSSR count). The molecule has 1 aliphatic heterocycles. The lowest BCUT2D eigenvalue weighted by Gasteiger charge is -2.44. The molecule has 0 unspecified atom stereocenters. The summed E-state index contributed by atoms with van der Waals surface area (Å²) < 4.78 is 0. The van der Waals surface area contributed by atoms with E-state index in [-0.39, 0.29) is 0 Å². The number of hydrogen-bond acceptors (Lipinski definition) is 2. The molecule has 2 heterocycles. The van der Waals surface area contributed by atoms with Crippen LogP contribution in [0.4, 0.5) is 0 Å². The van der Waals surface area contributed by atoms with Crippen molar-refractivity contribution >= 4 is 5.91 Å². The summed E-state index contributed by atoms with van der Waals surface area (Å²) in [6.07, 6.45) is 6.95. The largest absolute Gasteiger partial charge is 0.339 e. The third-order valence-electron chi connectivity index (χ3n) is 4.40. The first kappa shape index (κ1) is 11.7. The second-order valence-corrected chi connectivity index (χ2v) is 5.33. The molecule has 2 atom stereocenters. The van der Waals surface area contributed by atoms with E-state index in [0.717, 1.165) is 25.8 Å². The molecule has 2 aliphatic rings. The van der Waals surface area contributed by atoms with Gasteiger partial charge in [0.15, 0.2) is 0 Å². The Balaban J connectivity index is 1.92. The Kier molecular flexibility index (Phi) is 3.06. The van der Waals surface area contributed by atoms with Crippen LogP contribution in [0.25, 0.3) is 0 Å². The summed E-state index contributed by atoms with van der Waals surface area (Å²) in [7, 11) is 0. The van der Waals surface area contributed by atoms with Crippen molar-refractivity contribution in [2.75, 3.05) is 6.54 Å². The fraction of sp³-hybridized carbons (Fsp3) is 0.600.